The van der Waals surface area contributed by atoms with E-state index in [2.05, 4.69) is 26.8 Å². The van der Waals surface area contributed by atoms with Crippen LogP contribution in [0.3, 0.4) is 0 Å². The van der Waals surface area contributed by atoms with Gasteiger partial charge in [0.25, 0.3) is 11.8 Å². The van der Waals surface area contributed by atoms with E-state index in [4.69, 9.17) is 21.1 Å². The van der Waals surface area contributed by atoms with Crippen LogP contribution in [-0.4, -0.2) is 24.5 Å². The summed E-state index contributed by atoms with van der Waals surface area (Å²) >= 11 is 9.32. The summed E-state index contributed by atoms with van der Waals surface area (Å²) in [7, 11) is 0. The second-order valence-electron chi connectivity index (χ2n) is 6.55. The minimum atomic E-state index is -0.815. The topological polar surface area (TPSA) is 76.7 Å². The van der Waals surface area contributed by atoms with Gasteiger partial charge in [-0.2, -0.15) is 0 Å². The van der Waals surface area contributed by atoms with Crippen molar-refractivity contribution in [2.24, 2.45) is 0 Å². The van der Waals surface area contributed by atoms with E-state index < -0.39 is 17.9 Å². The molecule has 1 unspecified atom stereocenters. The quantitative estimate of drug-likeness (QED) is 0.456. The summed E-state index contributed by atoms with van der Waals surface area (Å²) in [5.74, 6) is -0.127. The number of halogens is 2. The van der Waals surface area contributed by atoms with Crippen molar-refractivity contribution in [3.63, 3.8) is 0 Å². The Kier molecular flexibility index (Phi) is 7.92. The van der Waals surface area contributed by atoms with Crippen molar-refractivity contribution in [2.75, 3.05) is 6.61 Å². The third kappa shape index (κ3) is 6.73. The van der Waals surface area contributed by atoms with E-state index in [1.807, 2.05) is 42.5 Å². The first-order valence-corrected chi connectivity index (χ1v) is 10.6. The Morgan fingerprint density at radius 2 is 1.65 bits per heavy atom. The summed E-state index contributed by atoms with van der Waals surface area (Å²) < 4.78 is 11.8. The maximum atomic E-state index is 12.2. The molecule has 0 saturated carbocycles. The van der Waals surface area contributed by atoms with Crippen LogP contribution in [0.2, 0.25) is 5.02 Å². The Balaban J connectivity index is 1.44. The van der Waals surface area contributed by atoms with Crippen molar-refractivity contribution < 1.29 is 19.1 Å². The van der Waals surface area contributed by atoms with Crippen LogP contribution in [0, 0.1) is 0 Å². The zero-order chi connectivity index (χ0) is 22.2. The largest absolute Gasteiger partial charge is 0.482 e. The van der Waals surface area contributed by atoms with Crippen LogP contribution in [0.4, 0.5) is 0 Å². The highest BCUT2D eigenvalue weighted by Gasteiger charge is 2.16. The summed E-state index contributed by atoms with van der Waals surface area (Å²) in [5, 5.41) is 0.367. The molecule has 0 heterocycles. The zero-order valence-corrected chi connectivity index (χ0v) is 18.9. The van der Waals surface area contributed by atoms with Gasteiger partial charge in [-0.3, -0.25) is 20.4 Å². The van der Waals surface area contributed by atoms with Gasteiger partial charge in [-0.05, 0) is 48.4 Å². The summed E-state index contributed by atoms with van der Waals surface area (Å²) in [4.78, 5) is 24.1. The van der Waals surface area contributed by atoms with Gasteiger partial charge >= 0.3 is 0 Å². The minimum absolute atomic E-state index is 0.308. The molecule has 6 nitrogen and oxygen atoms in total. The molecule has 0 bridgehead atoms. The maximum absolute atomic E-state index is 12.2. The summed E-state index contributed by atoms with van der Waals surface area (Å²) in [6, 6.07) is 22.4. The SMILES string of the molecule is CC(Oc1ccc(-c2ccccc2)cc1)C(=O)NNC(=O)COc1ccc(Br)cc1Cl. The number of hydrogen-bond donors (Lipinski definition) is 2. The lowest BCUT2D eigenvalue weighted by molar-refractivity contribution is -0.133. The van der Waals surface area contributed by atoms with E-state index in [0.29, 0.717) is 16.5 Å². The fourth-order valence-electron chi connectivity index (χ4n) is 2.62. The molecular formula is C23H20BrClN2O4. The molecule has 31 heavy (non-hydrogen) atoms. The van der Waals surface area contributed by atoms with Gasteiger partial charge in [0.2, 0.25) is 0 Å². The van der Waals surface area contributed by atoms with Gasteiger partial charge in [0.15, 0.2) is 12.7 Å². The van der Waals surface area contributed by atoms with Crippen LogP contribution in [0.25, 0.3) is 11.1 Å². The van der Waals surface area contributed by atoms with Crippen LogP contribution in [0.5, 0.6) is 11.5 Å². The molecule has 0 aromatic heterocycles. The normalized spacial score (nSPS) is 11.3. The molecule has 0 radical (unpaired) electrons. The molecule has 3 aromatic rings. The van der Waals surface area contributed by atoms with Crippen molar-refractivity contribution in [3.05, 3.63) is 82.3 Å². The van der Waals surface area contributed by atoms with E-state index in [1.165, 1.54) is 0 Å². The van der Waals surface area contributed by atoms with Crippen molar-refractivity contribution in [3.8, 4) is 22.6 Å². The van der Waals surface area contributed by atoms with E-state index in [1.54, 1.807) is 37.3 Å². The number of ether oxygens (including phenoxy) is 2. The molecule has 0 aliphatic rings. The Bertz CT molecular complexity index is 1050. The molecule has 8 heteroatoms. The molecule has 160 valence electrons. The summed E-state index contributed by atoms with van der Waals surface area (Å²) in [6.07, 6.45) is -0.815. The van der Waals surface area contributed by atoms with Crippen LogP contribution in [-0.2, 0) is 9.59 Å². The van der Waals surface area contributed by atoms with Crippen LogP contribution in [0.15, 0.2) is 77.3 Å². The van der Waals surface area contributed by atoms with Crippen molar-refractivity contribution in [1.29, 1.82) is 0 Å². The molecule has 3 rings (SSSR count). The average molecular weight is 504 g/mol. The predicted octanol–water partition coefficient (Wildman–Crippen LogP) is 4.76. The fourth-order valence-corrected chi connectivity index (χ4v) is 3.35. The highest BCUT2D eigenvalue weighted by Crippen LogP contribution is 2.27. The summed E-state index contributed by atoms with van der Waals surface area (Å²) in [5.41, 5.74) is 6.74. The maximum Gasteiger partial charge on any atom is 0.279 e. The lowest BCUT2D eigenvalue weighted by Gasteiger charge is -2.15. The Hall–Kier alpha value is -3.03. The fraction of sp³-hybridized carbons (Fsp3) is 0.130. The lowest BCUT2D eigenvalue weighted by Crippen LogP contribution is -2.48. The summed E-state index contributed by atoms with van der Waals surface area (Å²) in [6.45, 7) is 1.28. The molecule has 0 aliphatic heterocycles. The van der Waals surface area contributed by atoms with E-state index >= 15 is 0 Å². The molecule has 0 spiro atoms. The Labute approximate surface area is 193 Å². The van der Waals surface area contributed by atoms with Gasteiger partial charge < -0.3 is 9.47 Å². The first-order chi connectivity index (χ1) is 14.9. The number of benzene rings is 3. The monoisotopic (exact) mass is 502 g/mol. The lowest BCUT2D eigenvalue weighted by atomic mass is 10.1. The smallest absolute Gasteiger partial charge is 0.279 e. The van der Waals surface area contributed by atoms with Crippen molar-refractivity contribution in [2.45, 2.75) is 13.0 Å². The number of rotatable bonds is 7. The molecular weight excluding hydrogens is 484 g/mol. The number of hydrazine groups is 1. The number of hydrogen-bond acceptors (Lipinski definition) is 4. The van der Waals surface area contributed by atoms with Crippen LogP contribution >= 0.6 is 27.5 Å². The van der Waals surface area contributed by atoms with Gasteiger partial charge in [0, 0.05) is 4.47 Å². The second-order valence-corrected chi connectivity index (χ2v) is 7.87. The molecule has 0 saturated heterocycles. The minimum Gasteiger partial charge on any atom is -0.482 e. The number of carbonyl (C=O) groups excluding carboxylic acids is 2. The molecule has 0 aliphatic carbocycles. The third-order valence-electron chi connectivity index (χ3n) is 4.22. The van der Waals surface area contributed by atoms with E-state index in [0.717, 1.165) is 15.6 Å². The van der Waals surface area contributed by atoms with Gasteiger partial charge in [-0.15, -0.1) is 0 Å². The second kappa shape index (κ2) is 10.8. The third-order valence-corrected chi connectivity index (χ3v) is 5.01. The zero-order valence-electron chi connectivity index (χ0n) is 16.6. The van der Waals surface area contributed by atoms with E-state index in [9.17, 15) is 9.59 Å². The number of nitrogens with one attached hydrogen (secondary N) is 2. The van der Waals surface area contributed by atoms with Gasteiger partial charge in [-0.25, -0.2) is 0 Å². The number of carbonyl (C=O) groups is 2. The van der Waals surface area contributed by atoms with Gasteiger partial charge in [0.05, 0.1) is 5.02 Å². The molecule has 2 amide bonds. The van der Waals surface area contributed by atoms with Crippen molar-refractivity contribution in [1.82, 2.24) is 10.9 Å². The predicted molar refractivity (Wildman–Crippen MR) is 123 cm³/mol. The average Bonchev–Trinajstić information content (AvgIpc) is 2.78. The van der Waals surface area contributed by atoms with Crippen molar-refractivity contribution >= 4 is 39.3 Å². The standard InChI is InChI=1S/C23H20BrClN2O4/c1-15(31-19-10-7-17(8-11-19)16-5-3-2-4-6-16)23(29)27-26-22(28)14-30-21-12-9-18(24)13-20(21)25/h2-13,15H,14H2,1H3,(H,26,28)(H,27,29). The first-order valence-electron chi connectivity index (χ1n) is 9.41. The Morgan fingerprint density at radius 3 is 2.32 bits per heavy atom. The first kappa shape index (κ1) is 22.7. The molecule has 2 N–H and O–H groups in total. The number of amides is 2. The molecule has 1 atom stereocenters. The van der Waals surface area contributed by atoms with Crippen LogP contribution in [0.1, 0.15) is 6.92 Å². The van der Waals surface area contributed by atoms with E-state index in [-0.39, 0.29) is 6.61 Å². The molecule has 3 aromatic carbocycles. The highest BCUT2D eigenvalue weighted by atomic mass is 79.9. The van der Waals surface area contributed by atoms with Gasteiger partial charge in [0.1, 0.15) is 11.5 Å². The van der Waals surface area contributed by atoms with Crippen LogP contribution < -0.4 is 20.3 Å². The highest BCUT2D eigenvalue weighted by molar-refractivity contribution is 9.10. The Morgan fingerprint density at radius 1 is 0.968 bits per heavy atom. The molecule has 0 fully saturated rings. The van der Waals surface area contributed by atoms with Gasteiger partial charge in [-0.1, -0.05) is 70.0 Å².